The molecule has 0 aliphatic carbocycles. The lowest BCUT2D eigenvalue weighted by atomic mass is 9.85. The minimum atomic E-state index is -0.947. The van der Waals surface area contributed by atoms with Gasteiger partial charge in [-0.3, -0.25) is 4.79 Å². The first-order valence-electron chi connectivity index (χ1n) is 12.8. The third-order valence-electron chi connectivity index (χ3n) is 6.76. The second-order valence-corrected chi connectivity index (χ2v) is 11.8. The van der Waals surface area contributed by atoms with E-state index in [2.05, 4.69) is 5.32 Å². The van der Waals surface area contributed by atoms with Crippen molar-refractivity contribution >= 4 is 18.0 Å². The summed E-state index contributed by atoms with van der Waals surface area (Å²) in [6.07, 6.45) is -0.482. The van der Waals surface area contributed by atoms with Gasteiger partial charge in [0.2, 0.25) is 5.91 Å². The molecule has 1 saturated heterocycles. The number of nitrogens with zero attached hydrogens (tertiary/aromatic N) is 1. The van der Waals surface area contributed by atoms with E-state index in [4.69, 9.17) is 14.2 Å². The van der Waals surface area contributed by atoms with Crippen LogP contribution in [-0.4, -0.2) is 61.3 Å². The summed E-state index contributed by atoms with van der Waals surface area (Å²) in [6, 6.07) is 16.1. The van der Waals surface area contributed by atoms with Gasteiger partial charge in [-0.05, 0) is 42.9 Å². The van der Waals surface area contributed by atoms with Crippen molar-refractivity contribution in [2.75, 3.05) is 20.8 Å². The van der Waals surface area contributed by atoms with Gasteiger partial charge in [0.1, 0.15) is 23.3 Å². The molecule has 38 heavy (non-hydrogen) atoms. The van der Waals surface area contributed by atoms with Crippen molar-refractivity contribution in [1.29, 1.82) is 0 Å². The third kappa shape index (κ3) is 6.54. The molecule has 0 bridgehead atoms. The Morgan fingerprint density at radius 1 is 0.921 bits per heavy atom. The molecule has 2 aromatic carbocycles. The van der Waals surface area contributed by atoms with Crippen LogP contribution in [0.5, 0.6) is 0 Å². The van der Waals surface area contributed by atoms with E-state index in [9.17, 15) is 14.4 Å². The molecule has 1 fully saturated rings. The maximum Gasteiger partial charge on any atom is 0.408 e. The Morgan fingerprint density at radius 3 is 2.00 bits per heavy atom. The smallest absolute Gasteiger partial charge is 0.408 e. The molecule has 0 aromatic heterocycles. The van der Waals surface area contributed by atoms with Gasteiger partial charge in [0.15, 0.2) is 0 Å². The van der Waals surface area contributed by atoms with Crippen molar-refractivity contribution in [1.82, 2.24) is 10.2 Å². The number of benzene rings is 2. The molecule has 8 nitrogen and oxygen atoms in total. The van der Waals surface area contributed by atoms with Gasteiger partial charge in [0.25, 0.3) is 0 Å². The van der Waals surface area contributed by atoms with E-state index < -0.39 is 46.7 Å². The Bertz CT molecular complexity index is 1130. The van der Waals surface area contributed by atoms with E-state index in [0.717, 1.165) is 16.7 Å². The van der Waals surface area contributed by atoms with E-state index in [0.29, 0.717) is 0 Å². The van der Waals surface area contributed by atoms with E-state index >= 15 is 0 Å². The molecule has 1 heterocycles. The summed E-state index contributed by atoms with van der Waals surface area (Å²) in [7, 11) is 2.88. The van der Waals surface area contributed by atoms with Gasteiger partial charge in [0.05, 0.1) is 13.7 Å². The monoisotopic (exact) mass is 524 g/mol. The fourth-order valence-corrected chi connectivity index (χ4v) is 4.76. The topological polar surface area (TPSA) is 94.2 Å². The van der Waals surface area contributed by atoms with Crippen LogP contribution in [0.4, 0.5) is 4.79 Å². The minimum Gasteiger partial charge on any atom is -0.467 e. The van der Waals surface area contributed by atoms with Crippen molar-refractivity contribution in [2.45, 2.75) is 71.2 Å². The Hall–Kier alpha value is -3.39. The Labute approximate surface area is 225 Å². The van der Waals surface area contributed by atoms with Crippen molar-refractivity contribution < 1.29 is 28.6 Å². The second-order valence-electron chi connectivity index (χ2n) is 11.8. The fraction of sp³-hybridized carbons (Fsp3) is 0.500. The Balaban J connectivity index is 1.95. The average Bonchev–Trinajstić information content (AvgIpc) is 3.27. The predicted octanol–water partition coefficient (Wildman–Crippen LogP) is 4.91. The van der Waals surface area contributed by atoms with Crippen LogP contribution in [0, 0.1) is 5.41 Å². The third-order valence-corrected chi connectivity index (χ3v) is 6.76. The van der Waals surface area contributed by atoms with Crippen LogP contribution in [0.25, 0.3) is 11.1 Å². The Kier molecular flexibility index (Phi) is 8.56. The van der Waals surface area contributed by atoms with Gasteiger partial charge in [-0.15, -0.1) is 0 Å². The average molecular weight is 525 g/mol. The minimum absolute atomic E-state index is 0.120. The van der Waals surface area contributed by atoms with E-state index in [1.54, 1.807) is 27.9 Å². The molecule has 2 amide bonds. The summed E-state index contributed by atoms with van der Waals surface area (Å²) in [4.78, 5) is 41.0. The first-order chi connectivity index (χ1) is 17.7. The molecule has 1 unspecified atom stereocenters. The summed E-state index contributed by atoms with van der Waals surface area (Å²) >= 11 is 0. The molecule has 206 valence electrons. The van der Waals surface area contributed by atoms with Crippen molar-refractivity contribution in [3.8, 4) is 11.1 Å². The summed E-state index contributed by atoms with van der Waals surface area (Å²) in [6.45, 7) is 10.9. The van der Waals surface area contributed by atoms with Gasteiger partial charge in [-0.2, -0.15) is 0 Å². The molecule has 1 N–H and O–H groups in total. The number of alkyl carbamates (subject to hydrolysis) is 1. The number of amides is 2. The number of rotatable bonds is 6. The second kappa shape index (κ2) is 11.2. The highest BCUT2D eigenvalue weighted by atomic mass is 16.6. The normalized spacial score (nSPS) is 20.5. The molecule has 1 aliphatic rings. The van der Waals surface area contributed by atoms with Crippen LogP contribution in [0.15, 0.2) is 54.6 Å². The lowest BCUT2D eigenvalue weighted by Gasteiger charge is -2.36. The van der Waals surface area contributed by atoms with Crippen LogP contribution < -0.4 is 5.32 Å². The molecule has 0 saturated carbocycles. The van der Waals surface area contributed by atoms with E-state index in [1.165, 1.54) is 12.0 Å². The summed E-state index contributed by atoms with van der Waals surface area (Å²) < 4.78 is 16.5. The van der Waals surface area contributed by atoms with Gasteiger partial charge in [-0.25, -0.2) is 9.59 Å². The van der Waals surface area contributed by atoms with Crippen molar-refractivity contribution in [2.24, 2.45) is 5.41 Å². The first kappa shape index (κ1) is 29.2. The molecule has 1 aliphatic heterocycles. The summed E-state index contributed by atoms with van der Waals surface area (Å²) in [5.41, 5.74) is 0.654. The van der Waals surface area contributed by atoms with Gasteiger partial charge in [-0.1, -0.05) is 75.4 Å². The molecule has 3 rings (SSSR count). The van der Waals surface area contributed by atoms with E-state index in [1.807, 2.05) is 75.4 Å². The molecule has 0 spiro atoms. The standard InChI is InChI=1S/C30H40N2O6/c1-28(2,3)24(31-27(35)38-29(4,5)6)25(33)32-19-30(37-8,18-23(32)26(34)36-7)22-16-14-21(15-17-22)20-12-10-9-11-13-20/h9-17,23-24H,18-19H2,1-8H3,(H,31,35)/t23-,24?,30-/m0/s1. The zero-order chi connectivity index (χ0) is 28.3. The van der Waals surface area contributed by atoms with Crippen molar-refractivity contribution in [3.05, 3.63) is 60.2 Å². The Morgan fingerprint density at radius 2 is 1.50 bits per heavy atom. The van der Waals surface area contributed by atoms with Crippen molar-refractivity contribution in [3.63, 3.8) is 0 Å². The largest absolute Gasteiger partial charge is 0.467 e. The number of hydrogen-bond donors (Lipinski definition) is 1. The molecular formula is C30H40N2O6. The molecule has 8 heteroatoms. The summed E-state index contributed by atoms with van der Waals surface area (Å²) in [5, 5.41) is 2.73. The lowest BCUT2D eigenvalue weighted by molar-refractivity contribution is -0.152. The molecule has 2 aromatic rings. The zero-order valence-electron chi connectivity index (χ0n) is 23.7. The number of ether oxygens (including phenoxy) is 3. The fourth-order valence-electron chi connectivity index (χ4n) is 4.76. The van der Waals surface area contributed by atoms with Gasteiger partial charge in [0, 0.05) is 13.5 Å². The number of carbonyl (C=O) groups excluding carboxylic acids is 3. The molecule has 0 radical (unpaired) electrons. The van der Waals surface area contributed by atoms with Crippen LogP contribution in [0.2, 0.25) is 0 Å². The lowest BCUT2D eigenvalue weighted by Crippen LogP contribution is -2.57. The number of likely N-dealkylation sites (tertiary alicyclic amines) is 1. The van der Waals surface area contributed by atoms with Crippen LogP contribution in [0.3, 0.4) is 0 Å². The molecule has 3 atom stereocenters. The van der Waals surface area contributed by atoms with E-state index in [-0.39, 0.29) is 13.0 Å². The maximum absolute atomic E-state index is 14.0. The highest BCUT2D eigenvalue weighted by Crippen LogP contribution is 2.41. The number of methoxy groups -OCH3 is 2. The quantitative estimate of drug-likeness (QED) is 0.540. The number of esters is 1. The van der Waals surface area contributed by atoms with Gasteiger partial charge >= 0.3 is 12.1 Å². The highest BCUT2D eigenvalue weighted by Gasteiger charge is 2.53. The SMILES string of the molecule is COC(=O)[C@@H]1C[C@@](OC)(c2ccc(-c3ccccc3)cc2)CN1C(=O)C(NC(=O)OC(C)(C)C)C(C)(C)C. The molecular weight excluding hydrogens is 484 g/mol. The number of carbonyl (C=O) groups is 3. The van der Waals surface area contributed by atoms with Crippen LogP contribution in [0.1, 0.15) is 53.5 Å². The predicted molar refractivity (Wildman–Crippen MR) is 145 cm³/mol. The van der Waals surface area contributed by atoms with Crippen LogP contribution in [-0.2, 0) is 29.4 Å². The zero-order valence-corrected chi connectivity index (χ0v) is 23.7. The summed E-state index contributed by atoms with van der Waals surface area (Å²) in [5.74, 6) is -0.943. The number of nitrogens with one attached hydrogen (secondary N) is 1. The van der Waals surface area contributed by atoms with Crippen LogP contribution >= 0.6 is 0 Å². The first-order valence-corrected chi connectivity index (χ1v) is 12.8. The highest BCUT2D eigenvalue weighted by molar-refractivity contribution is 5.91. The number of hydrogen-bond acceptors (Lipinski definition) is 6. The van der Waals surface area contributed by atoms with Gasteiger partial charge < -0.3 is 24.4 Å². The maximum atomic E-state index is 14.0.